The second-order valence-corrected chi connectivity index (χ2v) is 8.64. The van der Waals surface area contributed by atoms with Gasteiger partial charge in [0.15, 0.2) is 8.86 Å². The summed E-state index contributed by atoms with van der Waals surface area (Å²) in [7, 11) is 2.09. The summed E-state index contributed by atoms with van der Waals surface area (Å²) in [5.41, 5.74) is 0.268. The van der Waals surface area contributed by atoms with Crippen LogP contribution in [0.1, 0.15) is 20.8 Å². The molecule has 1 saturated heterocycles. The van der Waals surface area contributed by atoms with Gasteiger partial charge in [0.1, 0.15) is 0 Å². The lowest BCUT2D eigenvalue weighted by Crippen LogP contribution is -2.41. The van der Waals surface area contributed by atoms with Gasteiger partial charge in [0.2, 0.25) is 0 Å². The predicted octanol–water partition coefficient (Wildman–Crippen LogP) is 1.96. The van der Waals surface area contributed by atoms with E-state index < -0.39 is 8.86 Å². The first-order chi connectivity index (χ1) is 5.00. The summed E-state index contributed by atoms with van der Waals surface area (Å²) in [6.45, 7) is 6.58. The Morgan fingerprint density at radius 2 is 2.18 bits per heavy atom. The third kappa shape index (κ3) is 2.97. The van der Waals surface area contributed by atoms with Crippen molar-refractivity contribution in [2.24, 2.45) is 5.41 Å². The lowest BCUT2D eigenvalue weighted by molar-refractivity contribution is 0.329. The van der Waals surface area contributed by atoms with Crippen molar-refractivity contribution in [3.63, 3.8) is 0 Å². The second kappa shape index (κ2) is 3.68. The largest absolute Gasteiger partial charge is 0.247 e. The maximum Gasteiger partial charge on any atom is 0.156 e. The second-order valence-electron chi connectivity index (χ2n) is 3.61. The van der Waals surface area contributed by atoms with Crippen molar-refractivity contribution >= 4 is 30.6 Å². The highest BCUT2D eigenvalue weighted by molar-refractivity contribution is 9.01. The highest BCUT2D eigenvalue weighted by atomic mass is 33.5. The number of hydrogen-bond acceptors (Lipinski definition) is 4. The molecule has 1 aliphatic heterocycles. The lowest BCUT2D eigenvalue weighted by atomic mass is 9.89. The SMILES string of the molecule is CC(C)(C)C1CSS(=O)SN1. The fraction of sp³-hybridized carbons (Fsp3) is 1.00. The van der Waals surface area contributed by atoms with Crippen molar-refractivity contribution in [2.45, 2.75) is 26.8 Å². The minimum absolute atomic E-state index is 0.268. The zero-order valence-corrected chi connectivity index (χ0v) is 9.37. The molecule has 1 rings (SSSR count). The molecule has 1 N–H and O–H groups in total. The van der Waals surface area contributed by atoms with Gasteiger partial charge in [0.05, 0.1) is 0 Å². The molecular weight excluding hydrogens is 198 g/mol. The Morgan fingerprint density at radius 1 is 1.55 bits per heavy atom. The summed E-state index contributed by atoms with van der Waals surface area (Å²) in [5.74, 6) is 0.948. The van der Waals surface area contributed by atoms with E-state index in [0.717, 1.165) is 5.75 Å². The Hall–Kier alpha value is 0.810. The van der Waals surface area contributed by atoms with Crippen LogP contribution in [0.4, 0.5) is 0 Å². The van der Waals surface area contributed by atoms with Crippen molar-refractivity contribution in [3.8, 4) is 0 Å². The van der Waals surface area contributed by atoms with E-state index in [-0.39, 0.29) is 5.41 Å². The third-order valence-corrected chi connectivity index (χ3v) is 5.97. The van der Waals surface area contributed by atoms with E-state index in [1.807, 2.05) is 0 Å². The van der Waals surface area contributed by atoms with Crippen LogP contribution in [0.15, 0.2) is 0 Å². The fourth-order valence-corrected chi connectivity index (χ4v) is 5.08. The third-order valence-electron chi connectivity index (χ3n) is 1.63. The van der Waals surface area contributed by atoms with E-state index in [0.29, 0.717) is 6.04 Å². The van der Waals surface area contributed by atoms with Crippen LogP contribution in [-0.4, -0.2) is 16.0 Å². The Bertz CT molecular complexity index is 156. The van der Waals surface area contributed by atoms with Crippen LogP contribution in [0.5, 0.6) is 0 Å². The molecule has 0 radical (unpaired) electrons. The highest BCUT2D eigenvalue weighted by Gasteiger charge is 2.29. The molecule has 0 bridgehead atoms. The Morgan fingerprint density at radius 3 is 2.55 bits per heavy atom. The van der Waals surface area contributed by atoms with E-state index in [1.54, 1.807) is 0 Å². The van der Waals surface area contributed by atoms with Gasteiger partial charge in [-0.15, -0.1) is 0 Å². The van der Waals surface area contributed by atoms with E-state index >= 15 is 0 Å². The van der Waals surface area contributed by atoms with Crippen molar-refractivity contribution in [1.82, 2.24) is 4.72 Å². The molecule has 2 unspecified atom stereocenters. The first kappa shape index (κ1) is 9.89. The minimum Gasteiger partial charge on any atom is -0.247 e. The summed E-state index contributed by atoms with van der Waals surface area (Å²) in [6, 6.07) is 0.468. The fourth-order valence-electron chi connectivity index (χ4n) is 0.706. The number of rotatable bonds is 0. The molecule has 2 atom stereocenters. The van der Waals surface area contributed by atoms with Gasteiger partial charge in [0, 0.05) is 22.8 Å². The Labute approximate surface area is 77.7 Å². The molecule has 0 aromatic carbocycles. The van der Waals surface area contributed by atoms with Crippen molar-refractivity contribution in [2.75, 3.05) is 5.75 Å². The average Bonchev–Trinajstić information content (AvgIpc) is 1.86. The monoisotopic (exact) mass is 211 g/mol. The molecule has 0 saturated carbocycles. The van der Waals surface area contributed by atoms with Gasteiger partial charge in [-0.3, -0.25) is 0 Å². The highest BCUT2D eigenvalue weighted by Crippen LogP contribution is 2.32. The lowest BCUT2D eigenvalue weighted by Gasteiger charge is -2.32. The molecule has 1 fully saturated rings. The molecule has 1 aliphatic rings. The first-order valence-corrected chi connectivity index (χ1v) is 7.46. The normalized spacial score (nSPS) is 33.7. The van der Waals surface area contributed by atoms with Gasteiger partial charge in [-0.05, 0) is 16.2 Å². The summed E-state index contributed by atoms with van der Waals surface area (Å²) >= 11 is 0. The molecule has 0 spiro atoms. The number of hydrogen-bond donors (Lipinski definition) is 1. The van der Waals surface area contributed by atoms with Crippen LogP contribution < -0.4 is 4.72 Å². The van der Waals surface area contributed by atoms with E-state index in [9.17, 15) is 4.21 Å². The van der Waals surface area contributed by atoms with Crippen LogP contribution in [0.2, 0.25) is 0 Å². The van der Waals surface area contributed by atoms with Crippen molar-refractivity contribution < 1.29 is 4.21 Å². The maximum atomic E-state index is 10.9. The van der Waals surface area contributed by atoms with Gasteiger partial charge in [-0.2, -0.15) is 0 Å². The first-order valence-electron chi connectivity index (χ1n) is 3.48. The van der Waals surface area contributed by atoms with Gasteiger partial charge in [-0.25, -0.2) is 8.93 Å². The Kier molecular flexibility index (Phi) is 3.31. The zero-order valence-electron chi connectivity index (χ0n) is 6.92. The van der Waals surface area contributed by atoms with Crippen LogP contribution in [0.3, 0.4) is 0 Å². The van der Waals surface area contributed by atoms with Crippen molar-refractivity contribution in [1.29, 1.82) is 0 Å². The number of nitrogens with one attached hydrogen (secondary N) is 1. The summed E-state index contributed by atoms with van der Waals surface area (Å²) in [4.78, 5) is 0. The van der Waals surface area contributed by atoms with E-state index in [1.165, 1.54) is 21.8 Å². The summed E-state index contributed by atoms with van der Waals surface area (Å²) in [5, 5.41) is 0. The minimum atomic E-state index is -0.773. The molecular formula is C6H13NOS3. The average molecular weight is 211 g/mol. The molecule has 0 amide bonds. The molecule has 66 valence electrons. The van der Waals surface area contributed by atoms with Crippen molar-refractivity contribution in [3.05, 3.63) is 0 Å². The van der Waals surface area contributed by atoms with Gasteiger partial charge in [-0.1, -0.05) is 20.8 Å². The molecule has 0 aromatic heterocycles. The maximum absolute atomic E-state index is 10.9. The van der Waals surface area contributed by atoms with Crippen LogP contribution in [-0.2, 0) is 8.86 Å². The van der Waals surface area contributed by atoms with Gasteiger partial charge in [0.25, 0.3) is 0 Å². The zero-order chi connectivity index (χ0) is 8.48. The van der Waals surface area contributed by atoms with E-state index in [2.05, 4.69) is 25.5 Å². The van der Waals surface area contributed by atoms with Crippen LogP contribution >= 0.6 is 21.8 Å². The quantitative estimate of drug-likeness (QED) is 0.490. The summed E-state index contributed by atoms with van der Waals surface area (Å²) < 4.78 is 14.1. The molecule has 11 heavy (non-hydrogen) atoms. The molecule has 5 heteroatoms. The van der Waals surface area contributed by atoms with Crippen LogP contribution in [0.25, 0.3) is 0 Å². The van der Waals surface area contributed by atoms with E-state index in [4.69, 9.17) is 0 Å². The molecule has 1 heterocycles. The molecule has 2 nitrogen and oxygen atoms in total. The standard InChI is InChI=1S/C6H13NOS3/c1-6(2,3)5-4-9-11(8)10-7-5/h5,7H,4H2,1-3H3. The smallest absolute Gasteiger partial charge is 0.156 e. The predicted molar refractivity (Wildman–Crippen MR) is 54.6 cm³/mol. The van der Waals surface area contributed by atoms with Gasteiger partial charge >= 0.3 is 0 Å². The Balaban J connectivity index is 2.45. The van der Waals surface area contributed by atoms with Crippen LogP contribution in [0, 0.1) is 5.41 Å². The molecule has 0 aliphatic carbocycles. The molecule has 0 aromatic rings. The topological polar surface area (TPSA) is 29.1 Å². The van der Waals surface area contributed by atoms with Gasteiger partial charge < -0.3 is 0 Å². The summed E-state index contributed by atoms with van der Waals surface area (Å²) in [6.07, 6.45) is 0.